The highest BCUT2D eigenvalue weighted by atomic mass is 35.5. The van der Waals surface area contributed by atoms with Crippen LogP contribution in [0, 0.1) is 17.8 Å². The molecule has 0 aromatic heterocycles. The van der Waals surface area contributed by atoms with Gasteiger partial charge in [-0.1, -0.05) is 25.4 Å². The number of halogens is 4. The van der Waals surface area contributed by atoms with E-state index in [9.17, 15) is 28.2 Å². The van der Waals surface area contributed by atoms with Crippen LogP contribution in [0.5, 0.6) is 0 Å². The van der Waals surface area contributed by atoms with Crippen LogP contribution in [0.2, 0.25) is 5.02 Å². The number of benzene rings is 1. The van der Waals surface area contributed by atoms with Gasteiger partial charge in [0.2, 0.25) is 5.60 Å². The summed E-state index contributed by atoms with van der Waals surface area (Å²) in [7, 11) is 0. The number of anilines is 1. The van der Waals surface area contributed by atoms with Crippen LogP contribution in [0.4, 0.5) is 18.9 Å². The minimum Gasteiger partial charge on any atom is -0.377 e. The van der Waals surface area contributed by atoms with Crippen LogP contribution in [-0.2, 0) is 4.74 Å². The van der Waals surface area contributed by atoms with E-state index < -0.39 is 23.9 Å². The van der Waals surface area contributed by atoms with Crippen molar-refractivity contribution in [3.05, 3.63) is 28.8 Å². The second-order valence-corrected chi connectivity index (χ2v) is 12.0. The van der Waals surface area contributed by atoms with E-state index in [4.69, 9.17) is 16.3 Å². The van der Waals surface area contributed by atoms with Crippen molar-refractivity contribution in [1.29, 1.82) is 0 Å². The Hall–Kier alpha value is -1.59. The molecule has 1 amide bonds. The first-order valence-electron chi connectivity index (χ1n) is 14.0. The number of hydrogen-bond donors (Lipinski definition) is 2. The number of aliphatic hydroxyl groups is 2. The molecule has 1 aromatic rings. The van der Waals surface area contributed by atoms with E-state index in [0.717, 1.165) is 31.6 Å². The molecule has 3 heterocycles. The summed E-state index contributed by atoms with van der Waals surface area (Å²) in [4.78, 5) is 18.5. The monoisotopic (exact) mass is 575 g/mol. The van der Waals surface area contributed by atoms with Crippen molar-refractivity contribution in [2.24, 2.45) is 17.8 Å². The Morgan fingerprint density at radius 2 is 1.64 bits per heavy atom. The number of ether oxygens (including phenoxy) is 1. The van der Waals surface area contributed by atoms with Gasteiger partial charge in [-0.05, 0) is 68.6 Å². The van der Waals surface area contributed by atoms with Crippen molar-refractivity contribution in [2.75, 3.05) is 50.8 Å². The molecule has 3 aliphatic heterocycles. The van der Waals surface area contributed by atoms with E-state index in [1.165, 1.54) is 18.7 Å². The van der Waals surface area contributed by atoms with E-state index in [2.05, 4.69) is 4.90 Å². The molecular formula is C28H41ClF3N3O4. The van der Waals surface area contributed by atoms with E-state index in [1.807, 2.05) is 19.1 Å². The molecule has 0 radical (unpaired) electrons. The van der Waals surface area contributed by atoms with Crippen molar-refractivity contribution >= 4 is 23.2 Å². The zero-order valence-corrected chi connectivity index (χ0v) is 23.7. The standard InChI is InChI=1S/C28H41ClF3N3O4/c1-18(2)27(38,28(30,31)32)26(37)34-12-8-21(9-13-34)20-6-10-33(11-7-20)22-4-5-23(24(29)16-22)25(36)35-14-15-39-17-19(35)3/h4-5,16,18-21,26,37-38H,6-15,17H2,1-3H3/t19-,26?,27?/m1/s1. The number of rotatable bonds is 6. The predicted molar refractivity (Wildman–Crippen MR) is 144 cm³/mol. The van der Waals surface area contributed by atoms with E-state index in [-0.39, 0.29) is 11.9 Å². The highest BCUT2D eigenvalue weighted by Crippen LogP contribution is 2.42. The van der Waals surface area contributed by atoms with E-state index >= 15 is 0 Å². The second kappa shape index (κ2) is 12.1. The van der Waals surface area contributed by atoms with Gasteiger partial charge in [-0.2, -0.15) is 13.2 Å². The average Bonchev–Trinajstić information content (AvgIpc) is 2.91. The minimum absolute atomic E-state index is 0.00202. The number of aliphatic hydroxyl groups excluding tert-OH is 1. The molecule has 0 bridgehead atoms. The summed E-state index contributed by atoms with van der Waals surface area (Å²) in [6.45, 7) is 8.41. The maximum atomic E-state index is 13.6. The summed E-state index contributed by atoms with van der Waals surface area (Å²) in [6, 6.07) is 5.61. The van der Waals surface area contributed by atoms with Crippen molar-refractivity contribution in [3.63, 3.8) is 0 Å². The van der Waals surface area contributed by atoms with Crippen molar-refractivity contribution in [2.45, 2.75) is 70.5 Å². The Labute approximate surface area is 233 Å². The predicted octanol–water partition coefficient (Wildman–Crippen LogP) is 4.40. The van der Waals surface area contributed by atoms with Gasteiger partial charge in [-0.25, -0.2) is 0 Å². The van der Waals surface area contributed by atoms with Gasteiger partial charge in [0.25, 0.3) is 5.91 Å². The molecule has 39 heavy (non-hydrogen) atoms. The van der Waals surface area contributed by atoms with Gasteiger partial charge in [0.15, 0.2) is 0 Å². The van der Waals surface area contributed by atoms with Crippen LogP contribution in [-0.4, -0.2) is 95.9 Å². The number of nitrogens with zero attached hydrogens (tertiary/aromatic N) is 3. The number of alkyl halides is 3. The molecule has 4 rings (SSSR count). The lowest BCUT2D eigenvalue weighted by Crippen LogP contribution is -2.64. The summed E-state index contributed by atoms with van der Waals surface area (Å²) >= 11 is 6.56. The number of likely N-dealkylation sites (tertiary alicyclic amines) is 1. The van der Waals surface area contributed by atoms with Crippen LogP contribution in [0.3, 0.4) is 0 Å². The molecule has 7 nitrogen and oxygen atoms in total. The Bertz CT molecular complexity index is 997. The van der Waals surface area contributed by atoms with Gasteiger partial charge in [-0.15, -0.1) is 0 Å². The molecule has 11 heteroatoms. The molecule has 3 aliphatic rings. The highest BCUT2D eigenvalue weighted by molar-refractivity contribution is 6.34. The molecule has 1 aromatic carbocycles. The number of carbonyl (C=O) groups excluding carboxylic acids is 1. The smallest absolute Gasteiger partial charge is 0.377 e. The van der Waals surface area contributed by atoms with Gasteiger partial charge >= 0.3 is 6.18 Å². The third-order valence-corrected chi connectivity index (χ3v) is 9.34. The van der Waals surface area contributed by atoms with Gasteiger partial charge in [0.1, 0.15) is 6.23 Å². The lowest BCUT2D eigenvalue weighted by atomic mass is 9.78. The summed E-state index contributed by atoms with van der Waals surface area (Å²) in [5, 5.41) is 21.3. The second-order valence-electron chi connectivity index (χ2n) is 11.6. The molecular weight excluding hydrogens is 535 g/mol. The van der Waals surface area contributed by atoms with Gasteiger partial charge in [0.05, 0.1) is 29.8 Å². The normalized spacial score (nSPS) is 25.1. The SMILES string of the molecule is CC(C)C(O)(C(O)N1CCC(C2CCN(c3ccc(C(=O)N4CCOC[C@H]4C)c(Cl)c3)CC2)CC1)C(F)(F)F. The molecule has 0 aliphatic carbocycles. The lowest BCUT2D eigenvalue weighted by Gasteiger charge is -2.46. The fourth-order valence-electron chi connectivity index (χ4n) is 6.37. The fraction of sp³-hybridized carbons (Fsp3) is 0.750. The van der Waals surface area contributed by atoms with Crippen molar-refractivity contribution in [1.82, 2.24) is 9.80 Å². The number of morpholine rings is 1. The first-order chi connectivity index (χ1) is 18.3. The van der Waals surface area contributed by atoms with Gasteiger partial charge in [0, 0.05) is 38.4 Å². The van der Waals surface area contributed by atoms with E-state index in [0.29, 0.717) is 68.1 Å². The first kappa shape index (κ1) is 30.4. The third-order valence-electron chi connectivity index (χ3n) is 9.03. The Kier molecular flexibility index (Phi) is 9.43. The highest BCUT2D eigenvalue weighted by Gasteiger charge is 2.62. The Morgan fingerprint density at radius 3 is 2.15 bits per heavy atom. The maximum Gasteiger partial charge on any atom is 0.421 e. The number of hydrogen-bond acceptors (Lipinski definition) is 6. The summed E-state index contributed by atoms with van der Waals surface area (Å²) in [5.74, 6) is -0.434. The van der Waals surface area contributed by atoms with Crippen LogP contribution in [0.25, 0.3) is 0 Å². The lowest BCUT2D eigenvalue weighted by molar-refractivity contribution is -0.328. The molecule has 3 saturated heterocycles. The van der Waals surface area contributed by atoms with Crippen molar-refractivity contribution < 1.29 is 32.9 Å². The Morgan fingerprint density at radius 1 is 1.05 bits per heavy atom. The minimum atomic E-state index is -4.92. The zero-order valence-electron chi connectivity index (χ0n) is 23.0. The first-order valence-corrected chi connectivity index (χ1v) is 14.4. The quantitative estimate of drug-likeness (QED) is 0.524. The number of amides is 1. The number of carbonyl (C=O) groups is 1. The van der Waals surface area contributed by atoms with Gasteiger partial charge < -0.3 is 24.7 Å². The molecule has 220 valence electrons. The summed E-state index contributed by atoms with van der Waals surface area (Å²) in [6.07, 6.45) is -3.61. The fourth-order valence-corrected chi connectivity index (χ4v) is 6.63. The summed E-state index contributed by atoms with van der Waals surface area (Å²) in [5.41, 5.74) is -1.69. The molecule has 0 saturated carbocycles. The number of piperidine rings is 2. The van der Waals surface area contributed by atoms with Crippen molar-refractivity contribution in [3.8, 4) is 0 Å². The maximum absolute atomic E-state index is 13.6. The van der Waals surface area contributed by atoms with Crippen LogP contribution < -0.4 is 4.90 Å². The van der Waals surface area contributed by atoms with Crippen LogP contribution in [0.1, 0.15) is 56.8 Å². The molecule has 2 unspecified atom stereocenters. The Balaban J connectivity index is 1.30. The largest absolute Gasteiger partial charge is 0.421 e. The van der Waals surface area contributed by atoms with Gasteiger partial charge in [-0.3, -0.25) is 9.69 Å². The molecule has 0 spiro atoms. The third kappa shape index (κ3) is 6.20. The summed E-state index contributed by atoms with van der Waals surface area (Å²) < 4.78 is 46.3. The molecule has 3 atom stereocenters. The average molecular weight is 576 g/mol. The van der Waals surface area contributed by atoms with Crippen LogP contribution in [0.15, 0.2) is 18.2 Å². The molecule has 3 fully saturated rings. The topological polar surface area (TPSA) is 76.5 Å². The zero-order chi connectivity index (χ0) is 28.5. The molecule has 2 N–H and O–H groups in total. The van der Waals surface area contributed by atoms with E-state index in [1.54, 1.807) is 11.0 Å². The van der Waals surface area contributed by atoms with Crippen LogP contribution >= 0.6 is 11.6 Å².